The molecule has 1 aromatic carbocycles. The van der Waals surface area contributed by atoms with Gasteiger partial charge in [-0.05, 0) is 37.1 Å². The van der Waals surface area contributed by atoms with E-state index in [1.807, 2.05) is 38.1 Å². The van der Waals surface area contributed by atoms with Crippen LogP contribution in [0.4, 0.5) is 0 Å². The molecule has 0 heterocycles. The van der Waals surface area contributed by atoms with Crippen LogP contribution in [-0.2, 0) is 4.79 Å². The minimum Gasteiger partial charge on any atom is -0.350 e. The van der Waals surface area contributed by atoms with E-state index >= 15 is 0 Å². The first-order valence-corrected chi connectivity index (χ1v) is 6.69. The highest BCUT2D eigenvalue weighted by Crippen LogP contribution is 2.16. The van der Waals surface area contributed by atoms with Crippen molar-refractivity contribution in [3.05, 3.63) is 34.9 Å². The van der Waals surface area contributed by atoms with E-state index in [1.54, 1.807) is 0 Å². The minimum atomic E-state index is -0.00922. The smallest absolute Gasteiger partial charge is 0.220 e. The number of benzene rings is 1. The molecular weight excluding hydrogens is 248 g/mol. The fourth-order valence-electron chi connectivity index (χ4n) is 1.79. The first-order valence-electron chi connectivity index (χ1n) is 6.31. The van der Waals surface area contributed by atoms with E-state index < -0.39 is 0 Å². The Hall–Kier alpha value is -1.06. The fraction of sp³-hybridized carbons (Fsp3) is 0.500. The second kappa shape index (κ2) is 7.39. The second-order valence-corrected chi connectivity index (χ2v) is 4.99. The van der Waals surface area contributed by atoms with Gasteiger partial charge >= 0.3 is 0 Å². The molecule has 1 aromatic rings. The van der Waals surface area contributed by atoms with Crippen LogP contribution in [-0.4, -0.2) is 12.5 Å². The van der Waals surface area contributed by atoms with Crippen LogP contribution in [0.3, 0.4) is 0 Å². The zero-order chi connectivity index (χ0) is 13.5. The number of hydrogen-bond acceptors (Lipinski definition) is 2. The first kappa shape index (κ1) is 15.0. The normalized spacial score (nSPS) is 14.0. The van der Waals surface area contributed by atoms with Crippen LogP contribution in [0.2, 0.25) is 5.02 Å². The lowest BCUT2D eigenvalue weighted by molar-refractivity contribution is -0.122. The summed E-state index contributed by atoms with van der Waals surface area (Å²) in [6.45, 7) is 4.57. The highest BCUT2D eigenvalue weighted by atomic mass is 35.5. The van der Waals surface area contributed by atoms with Crippen LogP contribution in [0, 0.1) is 5.92 Å². The van der Waals surface area contributed by atoms with Crippen molar-refractivity contribution in [2.45, 2.75) is 32.7 Å². The average molecular weight is 269 g/mol. The maximum Gasteiger partial charge on any atom is 0.220 e. The minimum absolute atomic E-state index is 0.00922. The Morgan fingerprint density at radius 1 is 1.39 bits per heavy atom. The lowest BCUT2D eigenvalue weighted by Gasteiger charge is -2.17. The van der Waals surface area contributed by atoms with E-state index in [2.05, 4.69) is 5.32 Å². The highest BCUT2D eigenvalue weighted by molar-refractivity contribution is 6.30. The van der Waals surface area contributed by atoms with Crippen LogP contribution in [0.15, 0.2) is 24.3 Å². The molecule has 0 saturated carbocycles. The molecule has 0 aliphatic carbocycles. The molecule has 0 aromatic heterocycles. The van der Waals surface area contributed by atoms with Crippen LogP contribution in [0.25, 0.3) is 0 Å². The third-order valence-corrected chi connectivity index (χ3v) is 3.38. The van der Waals surface area contributed by atoms with Crippen LogP contribution in [0.1, 0.15) is 38.3 Å². The summed E-state index contributed by atoms with van der Waals surface area (Å²) in [5, 5.41) is 3.68. The summed E-state index contributed by atoms with van der Waals surface area (Å²) < 4.78 is 0. The van der Waals surface area contributed by atoms with Gasteiger partial charge in [-0.15, -0.1) is 0 Å². The second-order valence-electron chi connectivity index (χ2n) is 4.55. The Labute approximate surface area is 114 Å². The zero-order valence-electron chi connectivity index (χ0n) is 10.9. The Bertz CT molecular complexity index is 374. The van der Waals surface area contributed by atoms with E-state index in [1.165, 1.54) is 0 Å². The van der Waals surface area contributed by atoms with E-state index in [-0.39, 0.29) is 17.9 Å². The molecule has 2 unspecified atom stereocenters. The van der Waals surface area contributed by atoms with Crippen molar-refractivity contribution in [1.82, 2.24) is 5.32 Å². The molecule has 0 bridgehead atoms. The Morgan fingerprint density at radius 3 is 2.50 bits per heavy atom. The fourth-order valence-corrected chi connectivity index (χ4v) is 1.92. The predicted octanol–water partition coefficient (Wildman–Crippen LogP) is 2.89. The number of halogens is 1. The molecule has 3 nitrogen and oxygen atoms in total. The summed E-state index contributed by atoms with van der Waals surface area (Å²) in [6, 6.07) is 7.49. The maximum atomic E-state index is 11.8. The summed E-state index contributed by atoms with van der Waals surface area (Å²) in [5.41, 5.74) is 6.65. The Balaban J connectivity index is 2.51. The topological polar surface area (TPSA) is 55.1 Å². The number of nitrogens with two attached hydrogens (primary N) is 1. The summed E-state index contributed by atoms with van der Waals surface area (Å²) in [7, 11) is 0. The molecule has 3 N–H and O–H groups in total. The molecule has 0 fully saturated rings. The molecule has 0 aliphatic rings. The lowest BCUT2D eigenvalue weighted by atomic mass is 10.0. The largest absolute Gasteiger partial charge is 0.350 e. The molecule has 0 radical (unpaired) electrons. The molecule has 0 aliphatic heterocycles. The highest BCUT2D eigenvalue weighted by Gasteiger charge is 2.13. The van der Waals surface area contributed by atoms with Crippen molar-refractivity contribution in [2.24, 2.45) is 11.7 Å². The van der Waals surface area contributed by atoms with Gasteiger partial charge in [0.05, 0.1) is 6.04 Å². The van der Waals surface area contributed by atoms with Crippen molar-refractivity contribution >= 4 is 17.5 Å². The quantitative estimate of drug-likeness (QED) is 0.834. The van der Waals surface area contributed by atoms with Crippen LogP contribution in [0.5, 0.6) is 0 Å². The van der Waals surface area contributed by atoms with Gasteiger partial charge in [0.15, 0.2) is 0 Å². The van der Waals surface area contributed by atoms with Crippen LogP contribution >= 0.6 is 11.6 Å². The predicted molar refractivity (Wildman–Crippen MR) is 75.5 cm³/mol. The number of nitrogens with one attached hydrogen (secondary N) is 1. The van der Waals surface area contributed by atoms with Gasteiger partial charge in [-0.1, -0.05) is 37.1 Å². The number of rotatable bonds is 6. The molecular formula is C14H21ClN2O. The van der Waals surface area contributed by atoms with Gasteiger partial charge in [-0.25, -0.2) is 0 Å². The molecule has 1 amide bonds. The number of carbonyl (C=O) groups is 1. The average Bonchev–Trinajstić information content (AvgIpc) is 2.36. The van der Waals surface area contributed by atoms with E-state index in [0.29, 0.717) is 18.0 Å². The van der Waals surface area contributed by atoms with Gasteiger partial charge in [-0.2, -0.15) is 0 Å². The monoisotopic (exact) mass is 268 g/mol. The van der Waals surface area contributed by atoms with Gasteiger partial charge < -0.3 is 11.1 Å². The van der Waals surface area contributed by atoms with Crippen molar-refractivity contribution in [1.29, 1.82) is 0 Å². The van der Waals surface area contributed by atoms with Gasteiger partial charge in [0, 0.05) is 11.4 Å². The van der Waals surface area contributed by atoms with Crippen molar-refractivity contribution in [3.63, 3.8) is 0 Å². The summed E-state index contributed by atoms with van der Waals surface area (Å²) >= 11 is 5.83. The number of amides is 1. The van der Waals surface area contributed by atoms with Gasteiger partial charge in [0.2, 0.25) is 5.91 Å². The molecule has 1 rings (SSSR count). The van der Waals surface area contributed by atoms with Crippen molar-refractivity contribution in [3.8, 4) is 0 Å². The SMILES string of the molecule is CCC(CN)CC(=O)NC(C)c1ccc(Cl)cc1. The number of carbonyl (C=O) groups excluding carboxylic acids is 1. The van der Waals surface area contributed by atoms with E-state index in [9.17, 15) is 4.79 Å². The Kier molecular flexibility index (Phi) is 6.16. The molecule has 4 heteroatoms. The lowest BCUT2D eigenvalue weighted by Crippen LogP contribution is -2.30. The van der Waals surface area contributed by atoms with Gasteiger partial charge in [0.25, 0.3) is 0 Å². The van der Waals surface area contributed by atoms with Crippen molar-refractivity contribution in [2.75, 3.05) is 6.54 Å². The zero-order valence-corrected chi connectivity index (χ0v) is 11.7. The van der Waals surface area contributed by atoms with Crippen molar-refractivity contribution < 1.29 is 4.79 Å². The summed E-state index contributed by atoms with van der Waals surface area (Å²) in [5.74, 6) is 0.317. The first-order chi connectivity index (χ1) is 8.56. The summed E-state index contributed by atoms with van der Waals surface area (Å²) in [6.07, 6.45) is 1.42. The third kappa shape index (κ3) is 4.67. The molecule has 100 valence electrons. The van der Waals surface area contributed by atoms with Gasteiger partial charge in [0.1, 0.15) is 0 Å². The van der Waals surface area contributed by atoms with E-state index in [0.717, 1.165) is 12.0 Å². The third-order valence-electron chi connectivity index (χ3n) is 3.13. The maximum absolute atomic E-state index is 11.8. The standard InChI is InChI=1S/C14H21ClN2O/c1-3-11(9-16)8-14(18)17-10(2)12-4-6-13(15)7-5-12/h4-7,10-11H,3,8-9,16H2,1-2H3,(H,17,18). The number of hydrogen-bond donors (Lipinski definition) is 2. The van der Waals surface area contributed by atoms with E-state index in [4.69, 9.17) is 17.3 Å². The van der Waals surface area contributed by atoms with Crippen LogP contribution < -0.4 is 11.1 Å². The molecule has 0 saturated heterocycles. The molecule has 0 spiro atoms. The summed E-state index contributed by atoms with van der Waals surface area (Å²) in [4.78, 5) is 11.8. The van der Waals surface area contributed by atoms with Gasteiger partial charge in [-0.3, -0.25) is 4.79 Å². The molecule has 2 atom stereocenters. The Morgan fingerprint density at radius 2 is 2.00 bits per heavy atom. The molecule has 18 heavy (non-hydrogen) atoms.